The number of carbonyl (C=O) groups is 2. The summed E-state index contributed by atoms with van der Waals surface area (Å²) in [6, 6.07) is 17.7. The third-order valence-corrected chi connectivity index (χ3v) is 5.31. The van der Waals surface area contributed by atoms with Crippen LogP contribution in [0.2, 0.25) is 0 Å². The number of hydrogen-bond donors (Lipinski definition) is 2. The van der Waals surface area contributed by atoms with Crippen molar-refractivity contribution in [1.82, 2.24) is 20.1 Å². The largest absolute Gasteiger partial charge is 0.350 e. The summed E-state index contributed by atoms with van der Waals surface area (Å²) >= 11 is 3.46. The highest BCUT2D eigenvalue weighted by Gasteiger charge is 2.44. The number of nitrogens with one attached hydrogen (secondary N) is 2. The molecule has 0 radical (unpaired) electrons. The first kappa shape index (κ1) is 19.3. The lowest BCUT2D eigenvalue weighted by Crippen LogP contribution is -2.27. The average molecular weight is 454 g/mol. The van der Waals surface area contributed by atoms with Crippen molar-refractivity contribution in [3.8, 4) is 0 Å². The van der Waals surface area contributed by atoms with E-state index in [0.29, 0.717) is 6.54 Å². The lowest BCUT2D eigenvalue weighted by Gasteiger charge is -2.05. The topological polar surface area (TPSA) is 88.9 Å². The summed E-state index contributed by atoms with van der Waals surface area (Å²) in [5.74, 6) is 0.0873. The molecule has 0 aliphatic heterocycles. The van der Waals surface area contributed by atoms with Crippen LogP contribution in [0, 0.1) is 5.92 Å². The van der Waals surface area contributed by atoms with Gasteiger partial charge in [0.1, 0.15) is 12.9 Å². The van der Waals surface area contributed by atoms with E-state index in [1.54, 1.807) is 0 Å². The Morgan fingerprint density at radius 2 is 1.97 bits per heavy atom. The van der Waals surface area contributed by atoms with Gasteiger partial charge in [-0.15, -0.1) is 5.10 Å². The Hall–Kier alpha value is -3.00. The van der Waals surface area contributed by atoms with E-state index in [2.05, 4.69) is 36.6 Å². The molecule has 29 heavy (non-hydrogen) atoms. The number of halogens is 1. The van der Waals surface area contributed by atoms with Gasteiger partial charge in [0.2, 0.25) is 17.8 Å². The van der Waals surface area contributed by atoms with E-state index in [1.807, 2.05) is 54.6 Å². The number of amides is 2. The molecular weight excluding hydrogens is 434 g/mol. The van der Waals surface area contributed by atoms with Crippen LogP contribution in [-0.4, -0.2) is 26.6 Å². The number of anilines is 1. The van der Waals surface area contributed by atoms with E-state index in [9.17, 15) is 9.59 Å². The molecule has 0 bridgehead atoms. The van der Waals surface area contributed by atoms with Crippen LogP contribution in [0.3, 0.4) is 0 Å². The van der Waals surface area contributed by atoms with Gasteiger partial charge in [-0.25, -0.2) is 9.67 Å². The monoisotopic (exact) mass is 453 g/mol. The highest BCUT2D eigenvalue weighted by molar-refractivity contribution is 9.10. The molecule has 1 aliphatic rings. The highest BCUT2D eigenvalue weighted by atomic mass is 79.9. The maximum Gasteiger partial charge on any atom is 0.248 e. The Balaban J connectivity index is 1.26. The van der Waals surface area contributed by atoms with Gasteiger partial charge in [0.15, 0.2) is 0 Å². The summed E-state index contributed by atoms with van der Waals surface area (Å²) in [5.41, 5.74) is 2.17. The summed E-state index contributed by atoms with van der Waals surface area (Å²) in [6.07, 6.45) is 2.25. The average Bonchev–Trinajstić information content (AvgIpc) is 3.42. The van der Waals surface area contributed by atoms with Gasteiger partial charge in [-0.05, 0) is 35.6 Å². The van der Waals surface area contributed by atoms with Crippen molar-refractivity contribution in [2.45, 2.75) is 25.4 Å². The smallest absolute Gasteiger partial charge is 0.248 e. The maximum atomic E-state index is 12.4. The number of benzene rings is 2. The number of hydrogen-bond acceptors (Lipinski definition) is 4. The molecule has 1 saturated carbocycles. The van der Waals surface area contributed by atoms with E-state index in [0.717, 1.165) is 22.0 Å². The van der Waals surface area contributed by atoms with Crippen molar-refractivity contribution in [3.63, 3.8) is 0 Å². The minimum Gasteiger partial charge on any atom is -0.350 e. The summed E-state index contributed by atoms with van der Waals surface area (Å²) in [4.78, 5) is 28.6. The van der Waals surface area contributed by atoms with Crippen LogP contribution in [0.1, 0.15) is 23.5 Å². The molecule has 0 saturated heterocycles. The van der Waals surface area contributed by atoms with Crippen LogP contribution in [-0.2, 0) is 22.7 Å². The minimum absolute atomic E-state index is 0.0415. The Labute approximate surface area is 176 Å². The van der Waals surface area contributed by atoms with Gasteiger partial charge >= 0.3 is 0 Å². The highest BCUT2D eigenvalue weighted by Crippen LogP contribution is 2.48. The zero-order valence-corrected chi connectivity index (χ0v) is 17.2. The molecule has 8 heteroatoms. The molecule has 3 aromatic rings. The van der Waals surface area contributed by atoms with Crippen molar-refractivity contribution >= 4 is 33.7 Å². The number of rotatable bonds is 7. The van der Waals surface area contributed by atoms with Gasteiger partial charge in [0, 0.05) is 16.9 Å². The molecule has 0 spiro atoms. The van der Waals surface area contributed by atoms with E-state index in [1.165, 1.54) is 11.0 Å². The Morgan fingerprint density at radius 1 is 1.14 bits per heavy atom. The maximum absolute atomic E-state index is 12.4. The van der Waals surface area contributed by atoms with Crippen LogP contribution < -0.4 is 10.6 Å². The second-order valence-electron chi connectivity index (χ2n) is 7.02. The van der Waals surface area contributed by atoms with Gasteiger partial charge in [-0.1, -0.05) is 58.4 Å². The summed E-state index contributed by atoms with van der Waals surface area (Å²) in [6.45, 7) is 0.496. The molecule has 4 rings (SSSR count). The molecule has 2 aromatic carbocycles. The van der Waals surface area contributed by atoms with Gasteiger partial charge in [0.05, 0.1) is 0 Å². The van der Waals surface area contributed by atoms with Crippen LogP contribution >= 0.6 is 15.9 Å². The standard InChI is InChI=1S/C21H20BrN5O2/c22-16-8-4-7-15(9-16)17-10-18(17)20(29)25-21-24-13-27(26-21)12-19(28)23-11-14-5-2-1-3-6-14/h1-9,13,17-18H,10-12H2,(H,23,28)(H,25,26,29). The fraction of sp³-hybridized carbons (Fsp3) is 0.238. The van der Waals surface area contributed by atoms with E-state index < -0.39 is 0 Å². The predicted molar refractivity (Wildman–Crippen MR) is 112 cm³/mol. The third kappa shape index (κ3) is 5.08. The fourth-order valence-corrected chi connectivity index (χ4v) is 3.64. The first-order chi connectivity index (χ1) is 14.1. The van der Waals surface area contributed by atoms with Crippen molar-refractivity contribution < 1.29 is 9.59 Å². The molecule has 2 unspecified atom stereocenters. The quantitative estimate of drug-likeness (QED) is 0.575. The molecule has 148 valence electrons. The number of carbonyl (C=O) groups excluding carboxylic acids is 2. The van der Waals surface area contributed by atoms with Crippen LogP contribution in [0.15, 0.2) is 65.4 Å². The molecule has 2 N–H and O–H groups in total. The Morgan fingerprint density at radius 3 is 2.76 bits per heavy atom. The zero-order valence-electron chi connectivity index (χ0n) is 15.6. The van der Waals surface area contributed by atoms with Crippen molar-refractivity contribution in [2.75, 3.05) is 5.32 Å². The SMILES string of the molecule is O=C(Cn1cnc(NC(=O)C2CC2c2cccc(Br)c2)n1)NCc1ccccc1. The number of aromatic nitrogens is 3. The summed E-state index contributed by atoms with van der Waals surface area (Å²) in [5, 5.41) is 9.75. The first-order valence-electron chi connectivity index (χ1n) is 9.35. The molecule has 7 nitrogen and oxygen atoms in total. The van der Waals surface area contributed by atoms with Crippen LogP contribution in [0.25, 0.3) is 0 Å². The zero-order chi connectivity index (χ0) is 20.2. The van der Waals surface area contributed by atoms with E-state index >= 15 is 0 Å². The molecule has 1 fully saturated rings. The molecular formula is C21H20BrN5O2. The summed E-state index contributed by atoms with van der Waals surface area (Å²) in [7, 11) is 0. The van der Waals surface area contributed by atoms with E-state index in [-0.39, 0.29) is 36.1 Å². The fourth-order valence-electron chi connectivity index (χ4n) is 3.22. The number of nitrogens with zero attached hydrogens (tertiary/aromatic N) is 3. The second kappa shape index (κ2) is 8.57. The lowest BCUT2D eigenvalue weighted by atomic mass is 10.1. The van der Waals surface area contributed by atoms with Crippen LogP contribution in [0.4, 0.5) is 5.95 Å². The third-order valence-electron chi connectivity index (χ3n) is 4.81. The molecule has 2 amide bonds. The molecule has 2 atom stereocenters. The van der Waals surface area contributed by atoms with Crippen molar-refractivity contribution in [1.29, 1.82) is 0 Å². The first-order valence-corrected chi connectivity index (χ1v) is 10.1. The van der Waals surface area contributed by atoms with Gasteiger partial charge < -0.3 is 5.32 Å². The van der Waals surface area contributed by atoms with Crippen molar-refractivity contribution in [2.24, 2.45) is 5.92 Å². The Bertz CT molecular complexity index is 1020. The molecule has 1 aliphatic carbocycles. The van der Waals surface area contributed by atoms with Crippen LogP contribution in [0.5, 0.6) is 0 Å². The van der Waals surface area contributed by atoms with Gasteiger partial charge in [-0.3, -0.25) is 14.9 Å². The van der Waals surface area contributed by atoms with Gasteiger partial charge in [0.25, 0.3) is 0 Å². The molecule has 1 heterocycles. The summed E-state index contributed by atoms with van der Waals surface area (Å²) < 4.78 is 2.42. The lowest BCUT2D eigenvalue weighted by molar-refractivity contribution is -0.122. The Kier molecular flexibility index (Phi) is 5.71. The van der Waals surface area contributed by atoms with Crippen molar-refractivity contribution in [3.05, 3.63) is 76.5 Å². The van der Waals surface area contributed by atoms with Gasteiger partial charge in [-0.2, -0.15) is 0 Å². The van der Waals surface area contributed by atoms with E-state index in [4.69, 9.17) is 0 Å². The second-order valence-corrected chi connectivity index (χ2v) is 7.94. The normalized spacial score (nSPS) is 17.6. The predicted octanol–water partition coefficient (Wildman–Crippen LogP) is 3.10. The minimum atomic E-state index is -0.173. The molecule has 1 aromatic heterocycles.